The third-order valence-electron chi connectivity index (χ3n) is 4.56. The van der Waals surface area contributed by atoms with Crippen LogP contribution < -0.4 is 20.7 Å². The van der Waals surface area contributed by atoms with E-state index in [0.717, 1.165) is 16.8 Å². The molecule has 2 heterocycles. The normalized spacial score (nSPS) is 10.2. The van der Waals surface area contributed by atoms with Gasteiger partial charge in [0.1, 0.15) is 6.33 Å². The fourth-order valence-corrected chi connectivity index (χ4v) is 2.96. The Morgan fingerprint density at radius 1 is 0.879 bits per heavy atom. The molecule has 0 saturated carbocycles. The van der Waals surface area contributed by atoms with Crippen LogP contribution in [0.1, 0.15) is 0 Å². The molecule has 0 bridgehead atoms. The molecule has 9 nitrogen and oxygen atoms in total. The van der Waals surface area contributed by atoms with Gasteiger partial charge in [-0.15, -0.1) is 0 Å². The number of benzene rings is 2. The molecule has 164 valence electrons. The fraction of sp³-hybridized carbons (Fsp3) is 0.0417. The maximum atomic E-state index is 11.5. The Labute approximate surface area is 190 Å². The minimum absolute atomic E-state index is 0.284. The monoisotopic (exact) mass is 439 g/mol. The van der Waals surface area contributed by atoms with E-state index < -0.39 is 0 Å². The third-order valence-corrected chi connectivity index (χ3v) is 4.56. The van der Waals surface area contributed by atoms with Gasteiger partial charge in [-0.25, -0.2) is 15.0 Å². The van der Waals surface area contributed by atoms with Crippen LogP contribution in [-0.4, -0.2) is 33.0 Å². The highest BCUT2D eigenvalue weighted by Gasteiger charge is 2.05. The number of amides is 1. The van der Waals surface area contributed by atoms with Gasteiger partial charge in [-0.1, -0.05) is 24.8 Å². The Kier molecular flexibility index (Phi) is 6.51. The molecule has 0 spiro atoms. The molecular weight excluding hydrogens is 418 g/mol. The Morgan fingerprint density at radius 3 is 2.24 bits per heavy atom. The Balaban J connectivity index is 1.43. The topological polar surface area (TPSA) is 114 Å². The van der Waals surface area contributed by atoms with E-state index in [1.54, 1.807) is 31.5 Å². The van der Waals surface area contributed by atoms with Crippen molar-refractivity contribution >= 4 is 34.9 Å². The van der Waals surface area contributed by atoms with E-state index in [2.05, 4.69) is 42.5 Å². The molecule has 4 rings (SSSR count). The molecule has 4 aromatic rings. The van der Waals surface area contributed by atoms with Gasteiger partial charge in [-0.05, 0) is 48.0 Å². The van der Waals surface area contributed by atoms with Gasteiger partial charge >= 0.3 is 0 Å². The lowest BCUT2D eigenvalue weighted by molar-refractivity contribution is -0.111. The van der Waals surface area contributed by atoms with Gasteiger partial charge in [0.05, 0.1) is 7.11 Å². The molecule has 33 heavy (non-hydrogen) atoms. The molecular formula is C24H21N7O2. The number of rotatable bonds is 8. The van der Waals surface area contributed by atoms with Gasteiger partial charge < -0.3 is 20.7 Å². The molecule has 0 aliphatic heterocycles. The Morgan fingerprint density at radius 2 is 1.58 bits per heavy atom. The fourth-order valence-electron chi connectivity index (χ4n) is 2.96. The number of nitrogens with one attached hydrogen (secondary N) is 3. The summed E-state index contributed by atoms with van der Waals surface area (Å²) < 4.78 is 5.10. The van der Waals surface area contributed by atoms with Gasteiger partial charge in [0.2, 0.25) is 23.7 Å². The Hall–Kier alpha value is -4.79. The number of carbonyl (C=O) groups is 1. The average molecular weight is 439 g/mol. The van der Waals surface area contributed by atoms with E-state index in [4.69, 9.17) is 4.74 Å². The standard InChI is InChI=1S/C24H21N7O2/c1-3-21(32)28-19-5-4-6-20(13-19)30-24-27-15-26-23(31-24)29-18-10-7-16(8-11-18)17-9-12-22(33-2)25-14-17/h3-15H,1H2,2H3,(H,28,32)(H2,26,27,29,30,31). The second-order valence-corrected chi connectivity index (χ2v) is 6.82. The van der Waals surface area contributed by atoms with Crippen molar-refractivity contribution in [1.29, 1.82) is 0 Å². The minimum atomic E-state index is -0.284. The smallest absolute Gasteiger partial charge is 0.247 e. The molecule has 0 saturated heterocycles. The zero-order valence-corrected chi connectivity index (χ0v) is 17.8. The van der Waals surface area contributed by atoms with Crippen LogP contribution in [0.3, 0.4) is 0 Å². The molecule has 9 heteroatoms. The molecule has 0 aliphatic rings. The van der Waals surface area contributed by atoms with Crippen molar-refractivity contribution in [3.8, 4) is 17.0 Å². The maximum Gasteiger partial charge on any atom is 0.247 e. The summed E-state index contributed by atoms with van der Waals surface area (Å²) in [5.41, 5.74) is 4.18. The van der Waals surface area contributed by atoms with Crippen LogP contribution in [0.4, 0.5) is 29.0 Å². The lowest BCUT2D eigenvalue weighted by atomic mass is 10.1. The molecule has 0 fully saturated rings. The van der Waals surface area contributed by atoms with E-state index in [-0.39, 0.29) is 5.91 Å². The molecule has 2 aromatic carbocycles. The Bertz CT molecular complexity index is 1260. The molecule has 0 atom stereocenters. The summed E-state index contributed by atoms with van der Waals surface area (Å²) in [4.78, 5) is 28.5. The van der Waals surface area contributed by atoms with Gasteiger partial charge in [-0.3, -0.25) is 4.79 Å². The van der Waals surface area contributed by atoms with Crippen LogP contribution in [-0.2, 0) is 4.79 Å². The van der Waals surface area contributed by atoms with Crippen LogP contribution in [0.15, 0.2) is 85.8 Å². The van der Waals surface area contributed by atoms with Crippen molar-refractivity contribution in [3.05, 3.63) is 85.8 Å². The summed E-state index contributed by atoms with van der Waals surface area (Å²) in [5, 5.41) is 8.98. The van der Waals surface area contributed by atoms with Crippen LogP contribution >= 0.6 is 0 Å². The van der Waals surface area contributed by atoms with Gasteiger partial charge in [0, 0.05) is 34.9 Å². The number of hydrogen-bond acceptors (Lipinski definition) is 8. The quantitative estimate of drug-likeness (QED) is 0.343. The van der Waals surface area contributed by atoms with E-state index in [1.807, 2.05) is 42.5 Å². The second-order valence-electron chi connectivity index (χ2n) is 6.82. The van der Waals surface area contributed by atoms with E-state index in [1.165, 1.54) is 12.4 Å². The number of hydrogen-bond donors (Lipinski definition) is 3. The van der Waals surface area contributed by atoms with E-state index in [0.29, 0.717) is 29.2 Å². The number of ether oxygens (including phenoxy) is 1. The summed E-state index contributed by atoms with van der Waals surface area (Å²) in [6.45, 7) is 3.45. The molecule has 0 radical (unpaired) electrons. The van der Waals surface area contributed by atoms with Crippen molar-refractivity contribution in [2.75, 3.05) is 23.1 Å². The van der Waals surface area contributed by atoms with Gasteiger partial charge in [0.25, 0.3) is 0 Å². The van der Waals surface area contributed by atoms with Crippen LogP contribution in [0.25, 0.3) is 11.1 Å². The van der Waals surface area contributed by atoms with Gasteiger partial charge in [0.15, 0.2) is 0 Å². The van der Waals surface area contributed by atoms with Crippen molar-refractivity contribution < 1.29 is 9.53 Å². The first-order valence-electron chi connectivity index (χ1n) is 10.00. The highest BCUT2D eigenvalue weighted by Crippen LogP contribution is 2.24. The zero-order valence-electron chi connectivity index (χ0n) is 17.8. The zero-order chi connectivity index (χ0) is 23.0. The molecule has 0 aliphatic carbocycles. The van der Waals surface area contributed by atoms with Crippen LogP contribution in [0, 0.1) is 0 Å². The van der Waals surface area contributed by atoms with Crippen LogP contribution in [0.5, 0.6) is 5.88 Å². The summed E-state index contributed by atoms with van der Waals surface area (Å²) >= 11 is 0. The summed E-state index contributed by atoms with van der Waals surface area (Å²) in [6.07, 6.45) is 4.39. The van der Waals surface area contributed by atoms with Crippen molar-refractivity contribution in [3.63, 3.8) is 0 Å². The first-order valence-corrected chi connectivity index (χ1v) is 10.00. The van der Waals surface area contributed by atoms with E-state index in [9.17, 15) is 4.79 Å². The first kappa shape index (κ1) is 21.4. The first-order chi connectivity index (χ1) is 16.1. The highest BCUT2D eigenvalue weighted by atomic mass is 16.5. The number of aromatic nitrogens is 4. The predicted octanol–water partition coefficient (Wildman–Crippen LogP) is 4.55. The number of anilines is 5. The largest absolute Gasteiger partial charge is 0.481 e. The molecule has 1 amide bonds. The minimum Gasteiger partial charge on any atom is -0.481 e. The molecule has 3 N–H and O–H groups in total. The van der Waals surface area contributed by atoms with Crippen LogP contribution in [0.2, 0.25) is 0 Å². The average Bonchev–Trinajstić information content (AvgIpc) is 2.85. The summed E-state index contributed by atoms with van der Waals surface area (Å²) in [7, 11) is 1.59. The summed E-state index contributed by atoms with van der Waals surface area (Å²) in [5.74, 6) is 1.04. The van der Waals surface area contributed by atoms with E-state index >= 15 is 0 Å². The lowest BCUT2D eigenvalue weighted by Gasteiger charge is -2.09. The SMILES string of the molecule is C=CC(=O)Nc1cccc(Nc2ncnc(Nc3ccc(-c4ccc(OC)nc4)cc3)n2)c1. The predicted molar refractivity (Wildman–Crippen MR) is 128 cm³/mol. The highest BCUT2D eigenvalue weighted by molar-refractivity contribution is 5.99. The number of methoxy groups -OCH3 is 1. The lowest BCUT2D eigenvalue weighted by Crippen LogP contribution is -2.07. The molecule has 2 aromatic heterocycles. The third kappa shape index (κ3) is 5.67. The van der Waals surface area contributed by atoms with Crippen molar-refractivity contribution in [1.82, 2.24) is 19.9 Å². The maximum absolute atomic E-state index is 11.5. The molecule has 0 unspecified atom stereocenters. The van der Waals surface area contributed by atoms with Crippen molar-refractivity contribution in [2.45, 2.75) is 0 Å². The number of nitrogens with zero attached hydrogens (tertiary/aromatic N) is 4. The van der Waals surface area contributed by atoms with Gasteiger partial charge in [-0.2, -0.15) is 4.98 Å². The summed E-state index contributed by atoms with van der Waals surface area (Å²) in [6, 6.07) is 18.8. The second kappa shape index (κ2) is 10.0. The number of pyridine rings is 1. The number of carbonyl (C=O) groups excluding carboxylic acids is 1. The van der Waals surface area contributed by atoms with Crippen molar-refractivity contribution in [2.24, 2.45) is 0 Å².